The van der Waals surface area contributed by atoms with Crippen LogP contribution in [0, 0.1) is 0 Å². The molecule has 7 heteroatoms. The summed E-state index contributed by atoms with van der Waals surface area (Å²) in [6.45, 7) is 0. The summed E-state index contributed by atoms with van der Waals surface area (Å²) >= 11 is 0. The second-order valence-corrected chi connectivity index (χ2v) is 3.48. The molecular formula is C11H7F3N2O2. The van der Waals surface area contributed by atoms with E-state index in [1.165, 1.54) is 0 Å². The molecule has 0 unspecified atom stereocenters. The van der Waals surface area contributed by atoms with Gasteiger partial charge in [0.25, 0.3) is 0 Å². The average molecular weight is 256 g/mol. The lowest BCUT2D eigenvalue weighted by Gasteiger charge is -1.97. The number of halogens is 3. The van der Waals surface area contributed by atoms with Crippen LogP contribution in [0.5, 0.6) is 0 Å². The quantitative estimate of drug-likeness (QED) is 0.792. The van der Waals surface area contributed by atoms with Crippen molar-refractivity contribution in [1.82, 2.24) is 10.1 Å². The smallest absolute Gasteiger partial charge is 0.329 e. The van der Waals surface area contributed by atoms with Gasteiger partial charge in [0, 0.05) is 5.56 Å². The van der Waals surface area contributed by atoms with Gasteiger partial charge in [-0.3, -0.25) is 4.79 Å². The van der Waals surface area contributed by atoms with Crippen molar-refractivity contribution in [3.8, 4) is 0 Å². The molecule has 2 rings (SSSR count). The first-order chi connectivity index (χ1) is 8.47. The van der Waals surface area contributed by atoms with Crippen LogP contribution in [0.1, 0.15) is 22.1 Å². The predicted octanol–water partition coefficient (Wildman–Crippen LogP) is 2.51. The second kappa shape index (κ2) is 4.59. The molecule has 0 saturated carbocycles. The van der Waals surface area contributed by atoms with Crippen LogP contribution in [0.4, 0.5) is 13.2 Å². The van der Waals surface area contributed by atoms with E-state index in [9.17, 15) is 18.0 Å². The predicted molar refractivity (Wildman–Crippen MR) is 53.8 cm³/mol. The first-order valence-corrected chi connectivity index (χ1v) is 4.95. The second-order valence-electron chi connectivity index (χ2n) is 3.48. The maximum absolute atomic E-state index is 12.2. The van der Waals surface area contributed by atoms with Gasteiger partial charge < -0.3 is 4.52 Å². The van der Waals surface area contributed by atoms with Gasteiger partial charge in [-0.25, -0.2) is 0 Å². The molecule has 0 fully saturated rings. The number of nitrogens with zero attached hydrogens (tertiary/aromatic N) is 2. The SMILES string of the molecule is O=C(Cc1noc(C(F)(F)F)n1)c1ccccc1. The Morgan fingerprint density at radius 3 is 2.44 bits per heavy atom. The lowest BCUT2D eigenvalue weighted by atomic mass is 10.1. The molecule has 0 atom stereocenters. The molecule has 1 heterocycles. The Bertz CT molecular complexity index is 549. The standard InChI is InChI=1S/C11H7F3N2O2/c12-11(13,14)10-15-9(16-18-10)6-8(17)7-4-2-1-3-5-7/h1-5H,6H2. The molecule has 1 aromatic heterocycles. The van der Waals surface area contributed by atoms with Crippen LogP contribution in [0.2, 0.25) is 0 Å². The number of alkyl halides is 3. The molecular weight excluding hydrogens is 249 g/mol. The first kappa shape index (κ1) is 12.3. The number of ketones is 1. The van der Waals surface area contributed by atoms with Crippen molar-refractivity contribution in [2.75, 3.05) is 0 Å². The summed E-state index contributed by atoms with van der Waals surface area (Å²) in [5.74, 6) is -2.10. The number of hydrogen-bond acceptors (Lipinski definition) is 4. The molecule has 0 aliphatic carbocycles. The van der Waals surface area contributed by atoms with Gasteiger partial charge in [0.05, 0.1) is 6.42 Å². The Morgan fingerprint density at radius 2 is 1.89 bits per heavy atom. The molecule has 0 radical (unpaired) electrons. The van der Waals surface area contributed by atoms with E-state index in [0.717, 1.165) is 0 Å². The van der Waals surface area contributed by atoms with Gasteiger partial charge >= 0.3 is 12.1 Å². The third kappa shape index (κ3) is 2.73. The summed E-state index contributed by atoms with van der Waals surface area (Å²) < 4.78 is 40.6. The molecule has 0 N–H and O–H groups in total. The number of hydrogen-bond donors (Lipinski definition) is 0. The van der Waals surface area contributed by atoms with Crippen LogP contribution in [-0.4, -0.2) is 15.9 Å². The minimum atomic E-state index is -4.69. The van der Waals surface area contributed by atoms with Crippen molar-refractivity contribution < 1.29 is 22.5 Å². The zero-order chi connectivity index (χ0) is 13.2. The molecule has 94 valence electrons. The summed E-state index contributed by atoms with van der Waals surface area (Å²) in [5, 5.41) is 3.12. The summed E-state index contributed by atoms with van der Waals surface area (Å²) in [7, 11) is 0. The summed E-state index contributed by atoms with van der Waals surface area (Å²) in [4.78, 5) is 14.8. The average Bonchev–Trinajstić information content (AvgIpc) is 2.78. The van der Waals surface area contributed by atoms with Crippen LogP contribution >= 0.6 is 0 Å². The summed E-state index contributed by atoms with van der Waals surface area (Å²) in [6.07, 6.45) is -5.02. The van der Waals surface area contributed by atoms with E-state index in [4.69, 9.17) is 0 Å². The van der Waals surface area contributed by atoms with Gasteiger partial charge in [-0.15, -0.1) is 0 Å². The van der Waals surface area contributed by atoms with Crippen LogP contribution < -0.4 is 0 Å². The van der Waals surface area contributed by atoms with E-state index in [1.54, 1.807) is 30.3 Å². The number of rotatable bonds is 3. The third-order valence-electron chi connectivity index (χ3n) is 2.13. The van der Waals surface area contributed by atoms with Crippen LogP contribution in [0.25, 0.3) is 0 Å². The van der Waals surface area contributed by atoms with Gasteiger partial charge in [-0.1, -0.05) is 35.5 Å². The zero-order valence-corrected chi connectivity index (χ0v) is 8.94. The van der Waals surface area contributed by atoms with Gasteiger partial charge in [0.1, 0.15) is 0 Å². The largest absolute Gasteiger partial charge is 0.471 e. The third-order valence-corrected chi connectivity index (χ3v) is 2.13. The van der Waals surface area contributed by atoms with Crippen molar-refractivity contribution in [2.45, 2.75) is 12.6 Å². The Kier molecular flexibility index (Phi) is 3.14. The molecule has 0 spiro atoms. The highest BCUT2D eigenvalue weighted by molar-refractivity contribution is 5.97. The molecule has 0 aliphatic heterocycles. The van der Waals surface area contributed by atoms with Crippen LogP contribution in [0.3, 0.4) is 0 Å². The minimum Gasteiger partial charge on any atom is -0.329 e. The topological polar surface area (TPSA) is 56.0 Å². The fourth-order valence-corrected chi connectivity index (χ4v) is 1.31. The monoisotopic (exact) mass is 256 g/mol. The fourth-order valence-electron chi connectivity index (χ4n) is 1.31. The van der Waals surface area contributed by atoms with Crippen molar-refractivity contribution in [3.63, 3.8) is 0 Å². The zero-order valence-electron chi connectivity index (χ0n) is 8.94. The Labute approximate surface area is 99.4 Å². The number of Topliss-reactive ketones (excluding diaryl/α,β-unsaturated/α-hetero) is 1. The number of carbonyl (C=O) groups excluding carboxylic acids is 1. The maximum Gasteiger partial charge on any atom is 0.471 e. The van der Waals surface area contributed by atoms with E-state index < -0.39 is 12.1 Å². The Morgan fingerprint density at radius 1 is 1.22 bits per heavy atom. The molecule has 0 amide bonds. The maximum atomic E-state index is 12.2. The van der Waals surface area contributed by atoms with E-state index in [0.29, 0.717) is 5.56 Å². The Balaban J connectivity index is 2.11. The van der Waals surface area contributed by atoms with Gasteiger partial charge in [0.15, 0.2) is 11.6 Å². The van der Waals surface area contributed by atoms with Gasteiger partial charge in [-0.2, -0.15) is 18.2 Å². The van der Waals surface area contributed by atoms with Crippen LogP contribution in [0.15, 0.2) is 34.9 Å². The van der Waals surface area contributed by atoms with Gasteiger partial charge in [-0.05, 0) is 0 Å². The molecule has 1 aromatic carbocycles. The Hall–Kier alpha value is -2.18. The fraction of sp³-hybridized carbons (Fsp3) is 0.182. The number of carbonyl (C=O) groups is 1. The lowest BCUT2D eigenvalue weighted by Crippen LogP contribution is -2.07. The van der Waals surface area contributed by atoms with Crippen molar-refractivity contribution in [3.05, 3.63) is 47.6 Å². The highest BCUT2D eigenvalue weighted by Gasteiger charge is 2.38. The highest BCUT2D eigenvalue weighted by atomic mass is 19.4. The molecule has 0 saturated heterocycles. The van der Waals surface area contributed by atoms with Crippen molar-refractivity contribution in [1.29, 1.82) is 0 Å². The normalized spacial score (nSPS) is 11.5. The molecule has 2 aromatic rings. The van der Waals surface area contributed by atoms with E-state index in [-0.39, 0.29) is 18.0 Å². The number of aromatic nitrogens is 2. The minimum absolute atomic E-state index is 0.281. The lowest BCUT2D eigenvalue weighted by molar-refractivity contribution is -0.159. The summed E-state index contributed by atoms with van der Waals surface area (Å²) in [5.41, 5.74) is 0.385. The summed E-state index contributed by atoms with van der Waals surface area (Å²) in [6, 6.07) is 8.17. The molecule has 4 nitrogen and oxygen atoms in total. The van der Waals surface area contributed by atoms with Crippen LogP contribution in [-0.2, 0) is 12.6 Å². The first-order valence-electron chi connectivity index (χ1n) is 4.95. The molecule has 0 aliphatic rings. The highest BCUT2D eigenvalue weighted by Crippen LogP contribution is 2.27. The van der Waals surface area contributed by atoms with Crippen molar-refractivity contribution >= 4 is 5.78 Å². The molecule has 18 heavy (non-hydrogen) atoms. The van der Waals surface area contributed by atoms with Gasteiger partial charge in [0.2, 0.25) is 0 Å². The molecule has 0 bridgehead atoms. The van der Waals surface area contributed by atoms with Crippen molar-refractivity contribution in [2.24, 2.45) is 0 Å². The van der Waals surface area contributed by atoms with E-state index in [1.807, 2.05) is 0 Å². The number of benzene rings is 1. The van der Waals surface area contributed by atoms with E-state index >= 15 is 0 Å². The van der Waals surface area contributed by atoms with E-state index in [2.05, 4.69) is 14.7 Å².